The van der Waals surface area contributed by atoms with Crippen molar-refractivity contribution in [2.45, 2.75) is 96.0 Å². The van der Waals surface area contributed by atoms with Gasteiger partial charge < -0.3 is 21.5 Å². The van der Waals surface area contributed by atoms with Crippen LogP contribution < -0.4 is 16.4 Å². The van der Waals surface area contributed by atoms with E-state index in [0.29, 0.717) is 11.3 Å². The maximum atomic E-state index is 12.4. The smallest absolute Gasteiger partial charge is 0.294 e. The first-order valence-electron chi connectivity index (χ1n) is 11.4. The number of anilines is 3. The average Bonchev–Trinajstić information content (AvgIpc) is 2.59. The first-order valence-corrected chi connectivity index (χ1v) is 12.8. The van der Waals surface area contributed by atoms with Gasteiger partial charge in [-0.1, -0.05) is 40.7 Å². The lowest BCUT2D eigenvalue weighted by Crippen LogP contribution is -2.49. The number of rotatable bonds is 6. The zero-order valence-corrected chi connectivity index (χ0v) is 22.9. The molecule has 7 nitrogen and oxygen atoms in total. The summed E-state index contributed by atoms with van der Waals surface area (Å²) in [6.45, 7) is 19.6. The number of hydrogen-bond acceptors (Lipinski definition) is 6. The average molecular weight is 492 g/mol. The van der Waals surface area contributed by atoms with Crippen molar-refractivity contribution in [3.63, 3.8) is 0 Å². The lowest BCUT2D eigenvalue weighted by Gasteiger charge is -2.44. The summed E-state index contributed by atoms with van der Waals surface area (Å²) in [5, 5.41) is 17.3. The third-order valence-electron chi connectivity index (χ3n) is 6.44. The molecule has 2 rings (SSSR count). The molecule has 0 heterocycles. The van der Waals surface area contributed by atoms with Gasteiger partial charge in [-0.3, -0.25) is 4.55 Å². The lowest BCUT2D eigenvalue weighted by molar-refractivity contribution is 0.326. The predicted molar refractivity (Wildman–Crippen MR) is 142 cm³/mol. The summed E-state index contributed by atoms with van der Waals surface area (Å²) < 4.78 is 34.9. The van der Waals surface area contributed by atoms with Crippen molar-refractivity contribution in [2.24, 2.45) is 0 Å². The predicted octanol–water partition coefficient (Wildman–Crippen LogP) is 5.90. The van der Waals surface area contributed by atoms with E-state index in [9.17, 15) is 18.1 Å². The Bertz CT molecular complexity index is 1170. The van der Waals surface area contributed by atoms with Crippen LogP contribution in [0.15, 0.2) is 35.2 Å². The van der Waals surface area contributed by atoms with Gasteiger partial charge in [0.15, 0.2) is 0 Å². The molecule has 0 aromatic heterocycles. The van der Waals surface area contributed by atoms with E-state index in [1.807, 2.05) is 66.7 Å². The molecule has 0 radical (unpaired) electrons. The molecule has 2 aromatic carbocycles. The zero-order chi connectivity index (χ0) is 26.5. The van der Waals surface area contributed by atoms with Gasteiger partial charge in [0.1, 0.15) is 10.6 Å². The van der Waals surface area contributed by atoms with Gasteiger partial charge in [-0.05, 0) is 75.4 Å². The van der Waals surface area contributed by atoms with Crippen molar-refractivity contribution >= 4 is 27.2 Å². The van der Waals surface area contributed by atoms with Crippen molar-refractivity contribution < 1.29 is 18.1 Å². The van der Waals surface area contributed by atoms with Crippen LogP contribution in [0, 0.1) is 0 Å². The molecule has 0 atom stereocenters. The fraction of sp³-hybridized carbons (Fsp3) is 0.538. The van der Waals surface area contributed by atoms with Gasteiger partial charge in [0, 0.05) is 27.9 Å². The van der Waals surface area contributed by atoms with Crippen LogP contribution in [-0.2, 0) is 20.9 Å². The molecule has 0 saturated carbocycles. The van der Waals surface area contributed by atoms with Crippen LogP contribution in [0.25, 0.3) is 0 Å². The Morgan fingerprint density at radius 2 is 1.38 bits per heavy atom. The molecule has 0 aliphatic heterocycles. The van der Waals surface area contributed by atoms with E-state index in [2.05, 4.69) is 31.4 Å². The van der Waals surface area contributed by atoms with Gasteiger partial charge in [0.2, 0.25) is 0 Å². The molecular formula is C26H41N3O4S. The molecule has 0 fully saturated rings. The molecule has 0 aliphatic rings. The minimum absolute atomic E-state index is 0.0951. The standard InChI is InChI=1S/C26H41N3O4S/c1-23(2,3)17-12-11-16(13-19(17)27)28-26(9,10)25(7,8)18-14-21(30)20(29-24(4,5)6)15-22(18)34(31,32)33/h11-15,28-30H,27H2,1-10H3,(H,31,32,33). The van der Waals surface area contributed by atoms with Crippen LogP contribution >= 0.6 is 0 Å². The molecule has 0 amide bonds. The molecule has 34 heavy (non-hydrogen) atoms. The normalized spacial score (nSPS) is 13.6. The van der Waals surface area contributed by atoms with E-state index in [-0.39, 0.29) is 21.7 Å². The molecule has 6 N–H and O–H groups in total. The number of nitrogens with two attached hydrogens (primary N) is 1. The van der Waals surface area contributed by atoms with Gasteiger partial charge >= 0.3 is 0 Å². The molecule has 8 heteroatoms. The zero-order valence-electron chi connectivity index (χ0n) is 22.1. The van der Waals surface area contributed by atoms with Gasteiger partial charge in [0.25, 0.3) is 10.1 Å². The minimum atomic E-state index is -4.57. The highest BCUT2D eigenvalue weighted by Crippen LogP contribution is 2.44. The molecule has 190 valence electrons. The van der Waals surface area contributed by atoms with E-state index in [0.717, 1.165) is 11.3 Å². The maximum absolute atomic E-state index is 12.4. The van der Waals surface area contributed by atoms with Crippen LogP contribution in [-0.4, -0.2) is 29.2 Å². The molecule has 0 spiro atoms. The molecule has 0 aliphatic carbocycles. The van der Waals surface area contributed by atoms with Crippen molar-refractivity contribution in [1.82, 2.24) is 0 Å². The van der Waals surface area contributed by atoms with Crippen LogP contribution in [0.4, 0.5) is 17.1 Å². The second-order valence-electron chi connectivity index (χ2n) is 12.1. The van der Waals surface area contributed by atoms with Crippen LogP contribution in [0.2, 0.25) is 0 Å². The Morgan fingerprint density at radius 1 is 0.824 bits per heavy atom. The second kappa shape index (κ2) is 8.64. The van der Waals surface area contributed by atoms with Crippen molar-refractivity contribution in [2.75, 3.05) is 16.4 Å². The van der Waals surface area contributed by atoms with Crippen LogP contribution in [0.3, 0.4) is 0 Å². The Morgan fingerprint density at radius 3 is 1.82 bits per heavy atom. The highest BCUT2D eigenvalue weighted by Gasteiger charge is 2.42. The Hall–Kier alpha value is -2.45. The number of benzene rings is 2. The SMILES string of the molecule is CC(C)(C)Nc1cc(S(=O)(=O)O)c(C(C)(C)C(C)(C)Nc2ccc(C(C)(C)C)c(N)c2)cc1O. The number of hydrogen-bond donors (Lipinski definition) is 5. The monoisotopic (exact) mass is 491 g/mol. The summed E-state index contributed by atoms with van der Waals surface area (Å²) in [4.78, 5) is -0.250. The topological polar surface area (TPSA) is 125 Å². The fourth-order valence-corrected chi connectivity index (χ4v) is 4.81. The fourth-order valence-electron chi connectivity index (χ4n) is 3.95. The number of nitrogen functional groups attached to an aromatic ring is 1. The quantitative estimate of drug-likeness (QED) is 0.194. The van der Waals surface area contributed by atoms with Gasteiger partial charge in [-0.2, -0.15) is 8.42 Å². The van der Waals surface area contributed by atoms with Crippen molar-refractivity contribution in [3.05, 3.63) is 41.5 Å². The first kappa shape index (κ1) is 27.8. The van der Waals surface area contributed by atoms with E-state index in [1.165, 1.54) is 12.1 Å². The van der Waals surface area contributed by atoms with Crippen molar-refractivity contribution in [3.8, 4) is 5.75 Å². The van der Waals surface area contributed by atoms with Crippen LogP contribution in [0.5, 0.6) is 5.75 Å². The third-order valence-corrected chi connectivity index (χ3v) is 7.33. The molecule has 0 saturated heterocycles. The molecule has 2 aromatic rings. The van der Waals surface area contributed by atoms with Crippen LogP contribution in [0.1, 0.15) is 80.4 Å². The number of nitrogens with one attached hydrogen (secondary N) is 2. The largest absolute Gasteiger partial charge is 0.506 e. The number of phenols is 1. The van der Waals surface area contributed by atoms with Gasteiger partial charge in [-0.15, -0.1) is 0 Å². The Kier molecular flexibility index (Phi) is 7.07. The molecule has 0 bridgehead atoms. The summed E-state index contributed by atoms with van der Waals surface area (Å²) in [7, 11) is -4.57. The summed E-state index contributed by atoms with van der Waals surface area (Å²) >= 11 is 0. The van der Waals surface area contributed by atoms with E-state index >= 15 is 0 Å². The molecule has 0 unspecified atom stereocenters. The number of phenolic OH excluding ortho intramolecular Hbond substituents is 1. The first-order chi connectivity index (χ1) is 15.1. The minimum Gasteiger partial charge on any atom is -0.506 e. The van der Waals surface area contributed by atoms with E-state index in [1.54, 1.807) is 0 Å². The van der Waals surface area contributed by atoms with Gasteiger partial charge in [-0.25, -0.2) is 0 Å². The lowest BCUT2D eigenvalue weighted by atomic mass is 9.69. The summed E-state index contributed by atoms with van der Waals surface area (Å²) in [6.07, 6.45) is 0. The van der Waals surface area contributed by atoms with Gasteiger partial charge in [0.05, 0.1) is 5.69 Å². The third kappa shape index (κ3) is 5.96. The highest BCUT2D eigenvalue weighted by atomic mass is 32.2. The Labute approximate surface area is 204 Å². The van der Waals surface area contributed by atoms with Crippen molar-refractivity contribution in [1.29, 1.82) is 0 Å². The number of aromatic hydroxyl groups is 1. The van der Waals surface area contributed by atoms with E-state index < -0.39 is 26.6 Å². The molecular weight excluding hydrogens is 450 g/mol. The maximum Gasteiger partial charge on any atom is 0.294 e. The highest BCUT2D eigenvalue weighted by molar-refractivity contribution is 7.85. The Balaban J connectivity index is 2.59. The van der Waals surface area contributed by atoms with E-state index in [4.69, 9.17) is 5.73 Å². The summed E-state index contributed by atoms with van der Waals surface area (Å²) in [5.41, 5.74) is 7.25. The summed E-state index contributed by atoms with van der Waals surface area (Å²) in [5.74, 6) is -0.0972. The second-order valence-corrected chi connectivity index (χ2v) is 13.5. The summed E-state index contributed by atoms with van der Waals surface area (Å²) in [6, 6.07) is 8.52.